The van der Waals surface area contributed by atoms with Gasteiger partial charge in [-0.15, -0.1) is 0 Å². The minimum Gasteiger partial charge on any atom is -0.497 e. The highest BCUT2D eigenvalue weighted by atomic mass is 28.4. The first kappa shape index (κ1) is 34.7. The number of hydrogen-bond acceptors (Lipinski definition) is 5. The van der Waals surface area contributed by atoms with Gasteiger partial charge in [-0.3, -0.25) is 9.69 Å². The average molecular weight is 669 g/mol. The molecule has 3 fully saturated rings. The lowest BCUT2D eigenvalue weighted by Crippen LogP contribution is -2.67. The van der Waals surface area contributed by atoms with Gasteiger partial charge >= 0.3 is 0 Å². The van der Waals surface area contributed by atoms with Gasteiger partial charge in [0.15, 0.2) is 0 Å². The second kappa shape index (κ2) is 15.2. The normalized spacial score (nSPS) is 20.7. The molecule has 6 nitrogen and oxygen atoms in total. The zero-order valence-electron chi connectivity index (χ0n) is 29.8. The maximum Gasteiger partial charge on any atom is 0.261 e. The number of piperidine rings is 1. The predicted octanol–water partition coefficient (Wildman–Crippen LogP) is 7.18. The van der Waals surface area contributed by atoms with Gasteiger partial charge in [0.2, 0.25) is 5.91 Å². The molecule has 3 aromatic rings. The van der Waals surface area contributed by atoms with Gasteiger partial charge in [0, 0.05) is 43.4 Å². The van der Waals surface area contributed by atoms with Crippen molar-refractivity contribution in [3.05, 3.63) is 84.4 Å². The van der Waals surface area contributed by atoms with Crippen LogP contribution in [0.2, 0.25) is 5.04 Å². The molecule has 3 aliphatic rings. The summed E-state index contributed by atoms with van der Waals surface area (Å²) in [4.78, 5) is 19.9. The zero-order chi connectivity index (χ0) is 33.7. The van der Waals surface area contributed by atoms with Gasteiger partial charge in [0.1, 0.15) is 11.5 Å². The summed E-state index contributed by atoms with van der Waals surface area (Å²) in [6.45, 7) is 9.03. The number of benzene rings is 3. The van der Waals surface area contributed by atoms with Crippen LogP contribution in [0.4, 0.5) is 0 Å². The summed E-state index contributed by atoms with van der Waals surface area (Å²) in [6, 6.07) is 28.3. The maximum absolute atomic E-state index is 15.1. The molecule has 1 aliphatic heterocycles. The van der Waals surface area contributed by atoms with Gasteiger partial charge in [0.05, 0.1) is 20.3 Å². The Morgan fingerprint density at radius 3 is 2.10 bits per heavy atom. The summed E-state index contributed by atoms with van der Waals surface area (Å²) in [6.07, 6.45) is 10.2. The first-order chi connectivity index (χ1) is 23.3. The van der Waals surface area contributed by atoms with E-state index >= 15 is 4.79 Å². The minimum absolute atomic E-state index is 0.121. The van der Waals surface area contributed by atoms with Crippen LogP contribution < -0.4 is 19.8 Å². The van der Waals surface area contributed by atoms with E-state index in [1.807, 2.05) is 12.1 Å². The van der Waals surface area contributed by atoms with E-state index in [9.17, 15) is 0 Å². The fourth-order valence-corrected chi connectivity index (χ4v) is 13.3. The summed E-state index contributed by atoms with van der Waals surface area (Å²) < 4.78 is 18.8. The number of carbonyl (C=O) groups excluding carboxylic acids is 1. The number of carbonyl (C=O) groups is 1. The summed E-state index contributed by atoms with van der Waals surface area (Å²) >= 11 is 0. The maximum atomic E-state index is 15.1. The van der Waals surface area contributed by atoms with Gasteiger partial charge in [-0.25, -0.2) is 0 Å². The van der Waals surface area contributed by atoms with Crippen LogP contribution >= 0.6 is 0 Å². The standard InChI is InChI=1S/C41H56N2O4Si/c1-41(2,3)48(35-17-8-6-9-18-35,36-19-10-7-11-20-36)47-28-26-38(40(44)42-27-14-16-31-15-12-13-21-37(31)42)43(33-23-24-33)30-32-22-25-34(45-4)29-39(32)46-5/h6-11,17-20,22,25,29,31,33,37-38H,12-16,21,23-24,26-28,30H2,1-5H3/t31-,37+,38-/m1/s1. The van der Waals surface area contributed by atoms with Crippen LogP contribution in [0.3, 0.4) is 0 Å². The summed E-state index contributed by atoms with van der Waals surface area (Å²) in [5.41, 5.74) is 1.09. The number of methoxy groups -OCH3 is 2. The minimum atomic E-state index is -2.74. The molecule has 7 heteroatoms. The van der Waals surface area contributed by atoms with Gasteiger partial charge in [-0.05, 0) is 72.3 Å². The van der Waals surface area contributed by atoms with Gasteiger partial charge < -0.3 is 18.8 Å². The summed E-state index contributed by atoms with van der Waals surface area (Å²) in [7, 11) is 0.661. The predicted molar refractivity (Wildman–Crippen MR) is 197 cm³/mol. The number of ether oxygens (including phenoxy) is 2. The van der Waals surface area contributed by atoms with Crippen molar-refractivity contribution in [2.45, 2.75) is 108 Å². The zero-order valence-corrected chi connectivity index (χ0v) is 30.8. The lowest BCUT2D eigenvalue weighted by molar-refractivity contribution is -0.144. The molecule has 2 saturated carbocycles. The molecule has 0 unspecified atom stereocenters. The van der Waals surface area contributed by atoms with Crippen LogP contribution in [0.15, 0.2) is 78.9 Å². The highest BCUT2D eigenvalue weighted by Crippen LogP contribution is 2.40. The first-order valence-electron chi connectivity index (χ1n) is 18.3. The van der Waals surface area contributed by atoms with Crippen LogP contribution in [-0.2, 0) is 15.8 Å². The van der Waals surface area contributed by atoms with Crippen LogP contribution in [0.1, 0.15) is 84.1 Å². The molecule has 0 spiro atoms. The topological polar surface area (TPSA) is 51.2 Å². The van der Waals surface area contributed by atoms with Crippen molar-refractivity contribution in [1.82, 2.24) is 9.80 Å². The molecule has 3 atom stereocenters. The summed E-state index contributed by atoms with van der Waals surface area (Å²) in [5.74, 6) is 2.52. The van der Waals surface area contributed by atoms with Crippen molar-refractivity contribution in [1.29, 1.82) is 0 Å². The molecule has 2 aliphatic carbocycles. The second-order valence-electron chi connectivity index (χ2n) is 15.2. The largest absolute Gasteiger partial charge is 0.497 e. The number of hydrogen-bond donors (Lipinski definition) is 0. The fourth-order valence-electron chi connectivity index (χ4n) is 8.69. The average Bonchev–Trinajstić information content (AvgIpc) is 3.96. The first-order valence-corrected chi connectivity index (χ1v) is 20.2. The smallest absolute Gasteiger partial charge is 0.261 e. The molecule has 0 N–H and O–H groups in total. The van der Waals surface area contributed by atoms with E-state index in [0.29, 0.717) is 43.5 Å². The van der Waals surface area contributed by atoms with Crippen molar-refractivity contribution in [3.63, 3.8) is 0 Å². The van der Waals surface area contributed by atoms with E-state index in [-0.39, 0.29) is 11.1 Å². The number of nitrogens with zero attached hydrogens (tertiary/aromatic N) is 2. The van der Waals surface area contributed by atoms with Crippen molar-refractivity contribution in [2.24, 2.45) is 5.92 Å². The Bertz CT molecular complexity index is 1450. The van der Waals surface area contributed by atoms with Gasteiger partial charge in [0.25, 0.3) is 8.32 Å². The molecule has 1 amide bonds. The SMILES string of the molecule is COc1ccc(CN(C2CC2)[C@H](CCO[Si](c2ccccc2)(c2ccccc2)C(C)(C)C)C(=O)N2CCC[C@H]3CCCC[C@@H]32)c(OC)c1. The Balaban J connectivity index is 1.35. The van der Waals surface area contributed by atoms with Crippen LogP contribution in [0, 0.1) is 5.92 Å². The second-order valence-corrected chi connectivity index (χ2v) is 19.5. The van der Waals surface area contributed by atoms with E-state index in [4.69, 9.17) is 13.9 Å². The van der Waals surface area contributed by atoms with Gasteiger partial charge in [-0.2, -0.15) is 0 Å². The van der Waals surface area contributed by atoms with Crippen molar-refractivity contribution < 1.29 is 18.7 Å². The quantitative estimate of drug-likeness (QED) is 0.181. The lowest BCUT2D eigenvalue weighted by Gasteiger charge is -2.47. The highest BCUT2D eigenvalue weighted by molar-refractivity contribution is 6.99. The molecular formula is C41H56N2O4Si. The van der Waals surface area contributed by atoms with Gasteiger partial charge in [-0.1, -0.05) is 100 Å². The Kier molecular flexibility index (Phi) is 11.0. The number of amides is 1. The molecule has 3 aromatic carbocycles. The Morgan fingerprint density at radius 2 is 1.50 bits per heavy atom. The Morgan fingerprint density at radius 1 is 0.854 bits per heavy atom. The van der Waals surface area contributed by atoms with Crippen LogP contribution in [0.25, 0.3) is 0 Å². The van der Waals surface area contributed by atoms with Crippen LogP contribution in [0.5, 0.6) is 11.5 Å². The third kappa shape index (κ3) is 7.24. The van der Waals surface area contributed by atoms with E-state index in [2.05, 4.69) is 97.3 Å². The molecule has 1 heterocycles. The van der Waals surface area contributed by atoms with E-state index < -0.39 is 8.32 Å². The summed E-state index contributed by atoms with van der Waals surface area (Å²) in [5, 5.41) is 2.42. The number of likely N-dealkylation sites (tertiary alicyclic amines) is 1. The lowest BCUT2D eigenvalue weighted by atomic mass is 9.78. The molecular weight excluding hydrogens is 613 g/mol. The molecule has 48 heavy (non-hydrogen) atoms. The fraction of sp³-hybridized carbons (Fsp3) is 0.537. The third-order valence-electron chi connectivity index (χ3n) is 11.2. The Labute approximate surface area is 289 Å². The van der Waals surface area contributed by atoms with E-state index in [1.165, 1.54) is 36.1 Å². The monoisotopic (exact) mass is 668 g/mol. The number of fused-ring (bicyclic) bond motifs is 1. The number of rotatable bonds is 13. The molecule has 6 rings (SSSR count). The van der Waals surface area contributed by atoms with E-state index in [1.54, 1.807) is 14.2 Å². The molecule has 0 radical (unpaired) electrons. The van der Waals surface area contributed by atoms with E-state index in [0.717, 1.165) is 49.3 Å². The van der Waals surface area contributed by atoms with Crippen LogP contribution in [-0.4, -0.2) is 69.5 Å². The van der Waals surface area contributed by atoms with Crippen molar-refractivity contribution in [3.8, 4) is 11.5 Å². The molecule has 0 aromatic heterocycles. The molecule has 1 saturated heterocycles. The molecule has 258 valence electrons. The molecule has 0 bridgehead atoms. The van der Waals surface area contributed by atoms with Crippen molar-refractivity contribution >= 4 is 24.6 Å². The van der Waals surface area contributed by atoms with Crippen molar-refractivity contribution in [2.75, 3.05) is 27.4 Å². The Hall–Kier alpha value is -3.13. The third-order valence-corrected chi connectivity index (χ3v) is 16.2. The highest BCUT2D eigenvalue weighted by Gasteiger charge is 2.51.